The van der Waals surface area contributed by atoms with Crippen LogP contribution in [0.15, 0.2) is 84.0 Å². The topological polar surface area (TPSA) is 106 Å². The summed E-state index contributed by atoms with van der Waals surface area (Å²) in [6.07, 6.45) is 1.51. The number of hydrazone groups is 1. The number of anilines is 1. The monoisotopic (exact) mass is 404 g/mol. The highest BCUT2D eigenvalue weighted by Gasteiger charge is 2.06. The van der Waals surface area contributed by atoms with Crippen molar-refractivity contribution < 1.29 is 14.5 Å². The van der Waals surface area contributed by atoms with Crippen LogP contribution < -0.4 is 15.5 Å². The molecule has 0 atom stereocenters. The number of hydrogen-bond donors (Lipinski definition) is 2. The number of nitrogens with one attached hydrogen (secondary N) is 2. The van der Waals surface area contributed by atoms with Crippen molar-refractivity contribution in [2.45, 2.75) is 6.61 Å². The van der Waals surface area contributed by atoms with E-state index in [1.54, 1.807) is 18.2 Å². The van der Waals surface area contributed by atoms with Gasteiger partial charge in [0.2, 0.25) is 0 Å². The van der Waals surface area contributed by atoms with E-state index in [1.807, 2.05) is 48.5 Å². The number of nitro groups is 1. The first-order valence-electron chi connectivity index (χ1n) is 9.18. The second-order valence-corrected chi connectivity index (χ2v) is 6.26. The molecule has 3 aromatic rings. The molecule has 0 unspecified atom stereocenters. The summed E-state index contributed by atoms with van der Waals surface area (Å²) in [7, 11) is 0. The Labute approximate surface area is 173 Å². The first-order chi connectivity index (χ1) is 14.6. The number of benzene rings is 3. The molecule has 0 bridgehead atoms. The minimum atomic E-state index is -0.444. The van der Waals surface area contributed by atoms with E-state index in [1.165, 1.54) is 18.3 Å². The lowest BCUT2D eigenvalue weighted by molar-refractivity contribution is -0.384. The van der Waals surface area contributed by atoms with E-state index in [-0.39, 0.29) is 24.7 Å². The number of nitro benzene ring substituents is 1. The quantitative estimate of drug-likeness (QED) is 0.321. The van der Waals surface area contributed by atoms with Crippen LogP contribution in [0.3, 0.4) is 0 Å². The number of rotatable bonds is 9. The molecular weight excluding hydrogens is 384 g/mol. The molecule has 0 saturated heterocycles. The Bertz CT molecular complexity index is 1020. The van der Waals surface area contributed by atoms with E-state index in [2.05, 4.69) is 15.8 Å². The Hall–Kier alpha value is -4.20. The van der Waals surface area contributed by atoms with Gasteiger partial charge in [0.25, 0.3) is 11.6 Å². The van der Waals surface area contributed by atoms with Crippen LogP contribution in [0.5, 0.6) is 5.75 Å². The van der Waals surface area contributed by atoms with Gasteiger partial charge < -0.3 is 10.1 Å². The summed E-state index contributed by atoms with van der Waals surface area (Å²) in [6, 6.07) is 22.8. The zero-order chi connectivity index (χ0) is 21.2. The largest absolute Gasteiger partial charge is 0.488 e. The fourth-order valence-corrected chi connectivity index (χ4v) is 2.55. The number of para-hydroxylation sites is 2. The van der Waals surface area contributed by atoms with Crippen LogP contribution in [0.1, 0.15) is 11.1 Å². The number of ether oxygens (including phenoxy) is 1. The summed E-state index contributed by atoms with van der Waals surface area (Å²) in [5.41, 5.74) is 4.84. The van der Waals surface area contributed by atoms with Crippen molar-refractivity contribution in [3.63, 3.8) is 0 Å². The van der Waals surface area contributed by atoms with E-state index < -0.39 is 4.92 Å². The molecule has 8 heteroatoms. The van der Waals surface area contributed by atoms with Gasteiger partial charge in [0.05, 0.1) is 17.7 Å². The third kappa shape index (κ3) is 6.16. The number of carbonyl (C=O) groups excluding carboxylic acids is 1. The molecule has 0 spiro atoms. The van der Waals surface area contributed by atoms with Crippen molar-refractivity contribution in [3.8, 4) is 5.75 Å². The maximum Gasteiger partial charge on any atom is 0.269 e. The van der Waals surface area contributed by atoms with Crippen molar-refractivity contribution >= 4 is 23.5 Å². The molecule has 3 aromatic carbocycles. The zero-order valence-electron chi connectivity index (χ0n) is 16.0. The zero-order valence-corrected chi connectivity index (χ0v) is 16.0. The van der Waals surface area contributed by atoms with Crippen LogP contribution in [-0.2, 0) is 11.4 Å². The van der Waals surface area contributed by atoms with Gasteiger partial charge in [-0.1, -0.05) is 30.3 Å². The molecule has 0 radical (unpaired) electrons. The van der Waals surface area contributed by atoms with Crippen LogP contribution in [0.2, 0.25) is 0 Å². The lowest BCUT2D eigenvalue weighted by Gasteiger charge is -2.09. The van der Waals surface area contributed by atoms with Gasteiger partial charge in [-0.05, 0) is 42.0 Å². The fraction of sp³-hybridized carbons (Fsp3) is 0.0909. The Morgan fingerprint density at radius 2 is 1.70 bits per heavy atom. The van der Waals surface area contributed by atoms with Crippen molar-refractivity contribution in [3.05, 3.63) is 100 Å². The maximum atomic E-state index is 11.9. The van der Waals surface area contributed by atoms with Gasteiger partial charge in [-0.25, -0.2) is 5.43 Å². The first kappa shape index (κ1) is 20.5. The highest BCUT2D eigenvalue weighted by Crippen LogP contribution is 2.19. The third-order valence-electron chi connectivity index (χ3n) is 4.08. The Balaban J connectivity index is 1.52. The molecule has 0 heterocycles. The van der Waals surface area contributed by atoms with Gasteiger partial charge in [0.15, 0.2) is 0 Å². The number of non-ortho nitro benzene ring substituents is 1. The standard InChI is InChI=1S/C22H20N4O4/c27-22(15-23-19-7-2-1-3-8-19)25-24-14-18-6-4-5-9-21(18)30-16-17-10-12-20(13-11-17)26(28)29/h1-14,23H,15-16H2,(H,25,27)/b24-14-. The van der Waals surface area contributed by atoms with Crippen molar-refractivity contribution in [1.29, 1.82) is 0 Å². The first-order valence-corrected chi connectivity index (χ1v) is 9.18. The third-order valence-corrected chi connectivity index (χ3v) is 4.08. The molecule has 0 aliphatic rings. The molecule has 0 aromatic heterocycles. The summed E-state index contributed by atoms with van der Waals surface area (Å²) in [4.78, 5) is 22.2. The Morgan fingerprint density at radius 1 is 1.00 bits per heavy atom. The lowest BCUT2D eigenvalue weighted by atomic mass is 10.2. The summed E-state index contributed by atoms with van der Waals surface area (Å²) in [5.74, 6) is 0.302. The highest BCUT2D eigenvalue weighted by atomic mass is 16.6. The van der Waals surface area contributed by atoms with Crippen LogP contribution in [0.4, 0.5) is 11.4 Å². The molecule has 0 aliphatic carbocycles. The molecular formula is C22H20N4O4. The van der Waals surface area contributed by atoms with Gasteiger partial charge >= 0.3 is 0 Å². The molecule has 2 N–H and O–H groups in total. The van der Waals surface area contributed by atoms with Gasteiger partial charge in [0, 0.05) is 23.4 Å². The Kier molecular flexibility index (Phi) is 7.10. The van der Waals surface area contributed by atoms with E-state index in [4.69, 9.17) is 4.74 Å². The average molecular weight is 404 g/mol. The second-order valence-electron chi connectivity index (χ2n) is 6.26. The van der Waals surface area contributed by atoms with Gasteiger partial charge in [0.1, 0.15) is 12.4 Å². The predicted molar refractivity (Wildman–Crippen MR) is 115 cm³/mol. The fourth-order valence-electron chi connectivity index (χ4n) is 2.55. The van der Waals surface area contributed by atoms with Crippen LogP contribution in [-0.4, -0.2) is 23.6 Å². The minimum Gasteiger partial charge on any atom is -0.488 e. The number of carbonyl (C=O) groups is 1. The molecule has 3 rings (SSSR count). The second kappa shape index (κ2) is 10.4. The normalized spacial score (nSPS) is 10.5. The predicted octanol–water partition coefficient (Wildman–Crippen LogP) is 3.74. The summed E-state index contributed by atoms with van der Waals surface area (Å²) in [5, 5.41) is 17.7. The van der Waals surface area contributed by atoms with E-state index in [0.717, 1.165) is 11.3 Å². The molecule has 8 nitrogen and oxygen atoms in total. The van der Waals surface area contributed by atoms with Crippen molar-refractivity contribution in [2.75, 3.05) is 11.9 Å². The summed E-state index contributed by atoms with van der Waals surface area (Å²) < 4.78 is 5.80. The van der Waals surface area contributed by atoms with Crippen LogP contribution in [0, 0.1) is 10.1 Å². The summed E-state index contributed by atoms with van der Waals surface area (Å²) in [6.45, 7) is 0.343. The molecule has 0 aliphatic heterocycles. The average Bonchev–Trinajstić information content (AvgIpc) is 2.78. The molecule has 1 amide bonds. The van der Waals surface area contributed by atoms with E-state index in [0.29, 0.717) is 11.3 Å². The van der Waals surface area contributed by atoms with Crippen LogP contribution >= 0.6 is 0 Å². The minimum absolute atomic E-state index is 0.0313. The lowest BCUT2D eigenvalue weighted by Crippen LogP contribution is -2.25. The Morgan fingerprint density at radius 3 is 2.43 bits per heavy atom. The molecule has 30 heavy (non-hydrogen) atoms. The van der Waals surface area contributed by atoms with E-state index >= 15 is 0 Å². The van der Waals surface area contributed by atoms with Crippen molar-refractivity contribution in [1.82, 2.24) is 5.43 Å². The van der Waals surface area contributed by atoms with Crippen LogP contribution in [0.25, 0.3) is 0 Å². The smallest absolute Gasteiger partial charge is 0.269 e. The number of amides is 1. The van der Waals surface area contributed by atoms with E-state index in [9.17, 15) is 14.9 Å². The maximum absolute atomic E-state index is 11.9. The summed E-state index contributed by atoms with van der Waals surface area (Å²) >= 11 is 0. The highest BCUT2D eigenvalue weighted by molar-refractivity contribution is 5.86. The van der Waals surface area contributed by atoms with Gasteiger partial charge in [-0.3, -0.25) is 14.9 Å². The molecule has 0 fully saturated rings. The number of nitrogens with zero attached hydrogens (tertiary/aromatic N) is 2. The van der Waals surface area contributed by atoms with Crippen molar-refractivity contribution in [2.24, 2.45) is 5.10 Å². The van der Waals surface area contributed by atoms with Gasteiger partial charge in [-0.2, -0.15) is 5.10 Å². The SMILES string of the molecule is O=C(CNc1ccccc1)N/N=C\c1ccccc1OCc1ccc([N+](=O)[O-])cc1. The number of hydrogen-bond acceptors (Lipinski definition) is 6. The molecule has 152 valence electrons. The molecule has 0 saturated carbocycles. The van der Waals surface area contributed by atoms with Gasteiger partial charge in [-0.15, -0.1) is 0 Å².